The molecule has 0 spiro atoms. The number of hydrogen-bond acceptors (Lipinski definition) is 5. The van der Waals surface area contributed by atoms with Crippen molar-refractivity contribution in [3.63, 3.8) is 0 Å². The van der Waals surface area contributed by atoms with E-state index in [1.165, 1.54) is 5.56 Å². The average Bonchev–Trinajstić information content (AvgIpc) is 3.01. The molecule has 28 heavy (non-hydrogen) atoms. The number of hydrogen-bond donors (Lipinski definition) is 2. The lowest BCUT2D eigenvalue weighted by atomic mass is 9.92. The summed E-state index contributed by atoms with van der Waals surface area (Å²) in [4.78, 5) is 11.1. The van der Waals surface area contributed by atoms with Gasteiger partial charge in [-0.3, -0.25) is 10.1 Å². The molecule has 2 aromatic carbocycles. The number of nitrogens with one attached hydrogen (secondary N) is 2. The summed E-state index contributed by atoms with van der Waals surface area (Å²) >= 11 is 0. The average molecular weight is 381 g/mol. The number of nitrogens with zero attached hydrogens (tertiary/aromatic N) is 1. The van der Waals surface area contributed by atoms with E-state index >= 15 is 0 Å². The first-order chi connectivity index (χ1) is 13.4. The van der Waals surface area contributed by atoms with Crippen LogP contribution in [0.5, 0.6) is 5.75 Å². The molecule has 2 heterocycles. The molecule has 0 aromatic heterocycles. The quantitative estimate of drug-likeness (QED) is 0.607. The third kappa shape index (κ3) is 3.88. The molecule has 4 rings (SSSR count). The Kier molecular flexibility index (Phi) is 5.08. The van der Waals surface area contributed by atoms with Gasteiger partial charge in [0.15, 0.2) is 0 Å². The van der Waals surface area contributed by atoms with Crippen molar-refractivity contribution < 1.29 is 9.66 Å². The van der Waals surface area contributed by atoms with Gasteiger partial charge >= 0.3 is 0 Å². The molecule has 2 aliphatic rings. The number of nitro benzene ring substituents is 1. The lowest BCUT2D eigenvalue weighted by Gasteiger charge is -2.34. The summed E-state index contributed by atoms with van der Waals surface area (Å²) in [5.74, 6) is 0.808. The molecule has 6 nitrogen and oxygen atoms in total. The van der Waals surface area contributed by atoms with Gasteiger partial charge in [0.1, 0.15) is 11.4 Å². The Morgan fingerprint density at radius 2 is 2.07 bits per heavy atom. The van der Waals surface area contributed by atoms with Crippen molar-refractivity contribution in [2.24, 2.45) is 0 Å². The number of piperidine rings is 1. The molecule has 0 radical (unpaired) electrons. The normalized spacial score (nSPS) is 23.1. The maximum absolute atomic E-state index is 11.4. The highest BCUT2D eigenvalue weighted by molar-refractivity contribution is 5.53. The first kappa shape index (κ1) is 18.9. The fourth-order valence-corrected chi connectivity index (χ4v) is 4.37. The Morgan fingerprint density at radius 1 is 1.29 bits per heavy atom. The van der Waals surface area contributed by atoms with Crippen molar-refractivity contribution in [1.29, 1.82) is 0 Å². The van der Waals surface area contributed by atoms with E-state index in [0.29, 0.717) is 13.0 Å². The van der Waals surface area contributed by atoms with E-state index < -0.39 is 0 Å². The van der Waals surface area contributed by atoms with Crippen LogP contribution in [-0.2, 0) is 13.0 Å². The molecule has 0 bridgehead atoms. The number of rotatable bonds is 5. The van der Waals surface area contributed by atoms with E-state index in [-0.39, 0.29) is 28.3 Å². The Balaban J connectivity index is 1.56. The van der Waals surface area contributed by atoms with Crippen molar-refractivity contribution in [2.45, 2.75) is 57.3 Å². The van der Waals surface area contributed by atoms with E-state index in [4.69, 9.17) is 4.74 Å². The molecule has 6 heteroatoms. The molecule has 2 aliphatic heterocycles. The summed E-state index contributed by atoms with van der Waals surface area (Å²) in [6, 6.07) is 14.3. The first-order valence-corrected chi connectivity index (χ1v) is 9.94. The fraction of sp³-hybridized carbons (Fsp3) is 0.455. The summed E-state index contributed by atoms with van der Waals surface area (Å²) < 4.78 is 6.13. The standard InChI is InChI=1S/C22H27N3O3/c1-22(2)13-16-11-18(25(26)27)12-17(21(16)28-22)14-24-19-9-6-10-23-20(19)15-7-4-3-5-8-15/h3-5,7-8,11-12,19-20,23-24H,6,9-10,13-14H2,1-2H3/t19-,20-/m0/s1. The fourth-order valence-electron chi connectivity index (χ4n) is 4.37. The van der Waals surface area contributed by atoms with Crippen LogP contribution in [0.4, 0.5) is 5.69 Å². The monoisotopic (exact) mass is 381 g/mol. The van der Waals surface area contributed by atoms with Crippen molar-refractivity contribution in [2.75, 3.05) is 6.54 Å². The Hall–Kier alpha value is -2.44. The minimum Gasteiger partial charge on any atom is -0.487 e. The number of ether oxygens (including phenoxy) is 1. The molecule has 2 aromatic rings. The van der Waals surface area contributed by atoms with Crippen LogP contribution in [0.3, 0.4) is 0 Å². The third-order valence-corrected chi connectivity index (χ3v) is 5.60. The second kappa shape index (κ2) is 7.53. The number of nitro groups is 1. The lowest BCUT2D eigenvalue weighted by Crippen LogP contribution is -2.45. The summed E-state index contributed by atoms with van der Waals surface area (Å²) in [5, 5.41) is 18.7. The van der Waals surface area contributed by atoms with Crippen LogP contribution >= 0.6 is 0 Å². The van der Waals surface area contributed by atoms with Gasteiger partial charge in [-0.25, -0.2) is 0 Å². The zero-order valence-electron chi connectivity index (χ0n) is 16.4. The minimum atomic E-state index is -0.328. The summed E-state index contributed by atoms with van der Waals surface area (Å²) in [6.07, 6.45) is 2.86. The van der Waals surface area contributed by atoms with Crippen molar-refractivity contribution >= 4 is 5.69 Å². The summed E-state index contributed by atoms with van der Waals surface area (Å²) in [5.41, 5.74) is 2.87. The van der Waals surface area contributed by atoms with Gasteiger partial charge in [0, 0.05) is 48.3 Å². The smallest absolute Gasteiger partial charge is 0.270 e. The molecular formula is C22H27N3O3. The van der Waals surface area contributed by atoms with Crippen LogP contribution in [0.15, 0.2) is 42.5 Å². The van der Waals surface area contributed by atoms with Crippen LogP contribution in [0.2, 0.25) is 0 Å². The van der Waals surface area contributed by atoms with Gasteiger partial charge in [-0.2, -0.15) is 0 Å². The third-order valence-electron chi connectivity index (χ3n) is 5.60. The molecule has 2 atom stereocenters. The molecule has 0 aliphatic carbocycles. The van der Waals surface area contributed by atoms with Crippen LogP contribution < -0.4 is 15.4 Å². The van der Waals surface area contributed by atoms with Gasteiger partial charge in [-0.05, 0) is 38.8 Å². The second-order valence-electron chi connectivity index (χ2n) is 8.36. The molecule has 1 fully saturated rings. The van der Waals surface area contributed by atoms with Gasteiger partial charge in [-0.15, -0.1) is 0 Å². The highest BCUT2D eigenvalue weighted by atomic mass is 16.6. The van der Waals surface area contributed by atoms with E-state index in [1.54, 1.807) is 12.1 Å². The molecule has 1 saturated heterocycles. The van der Waals surface area contributed by atoms with Crippen molar-refractivity contribution in [3.8, 4) is 5.75 Å². The SMILES string of the molecule is CC1(C)Cc2cc([N+](=O)[O-])cc(CN[C@H]3CCCN[C@H]3c3ccccc3)c2O1. The largest absolute Gasteiger partial charge is 0.487 e. The molecule has 2 N–H and O–H groups in total. The van der Waals surface area contributed by atoms with Crippen LogP contribution in [-0.4, -0.2) is 23.1 Å². The minimum absolute atomic E-state index is 0.137. The van der Waals surface area contributed by atoms with Gasteiger partial charge < -0.3 is 15.4 Å². The Labute approximate surface area is 165 Å². The van der Waals surface area contributed by atoms with Gasteiger partial charge in [0.25, 0.3) is 5.69 Å². The first-order valence-electron chi connectivity index (χ1n) is 9.94. The van der Waals surface area contributed by atoms with Gasteiger partial charge in [0.05, 0.1) is 4.92 Å². The van der Waals surface area contributed by atoms with Gasteiger partial charge in [0.2, 0.25) is 0 Å². The zero-order valence-corrected chi connectivity index (χ0v) is 16.4. The molecule has 148 valence electrons. The van der Waals surface area contributed by atoms with E-state index in [9.17, 15) is 10.1 Å². The Morgan fingerprint density at radius 3 is 2.82 bits per heavy atom. The summed E-state index contributed by atoms with van der Waals surface area (Å²) in [6.45, 7) is 5.59. The summed E-state index contributed by atoms with van der Waals surface area (Å²) in [7, 11) is 0. The molecular weight excluding hydrogens is 354 g/mol. The zero-order chi connectivity index (χ0) is 19.7. The van der Waals surface area contributed by atoms with Crippen LogP contribution in [0.25, 0.3) is 0 Å². The molecule has 0 unspecified atom stereocenters. The van der Waals surface area contributed by atoms with E-state index in [2.05, 4.69) is 34.9 Å². The maximum Gasteiger partial charge on any atom is 0.270 e. The highest BCUT2D eigenvalue weighted by Gasteiger charge is 2.34. The van der Waals surface area contributed by atoms with Gasteiger partial charge in [-0.1, -0.05) is 30.3 Å². The van der Waals surface area contributed by atoms with Crippen molar-refractivity contribution in [1.82, 2.24) is 10.6 Å². The predicted molar refractivity (Wildman–Crippen MR) is 109 cm³/mol. The number of benzene rings is 2. The highest BCUT2D eigenvalue weighted by Crippen LogP contribution is 2.40. The van der Waals surface area contributed by atoms with Crippen LogP contribution in [0.1, 0.15) is 49.4 Å². The van der Waals surface area contributed by atoms with Crippen LogP contribution in [0, 0.1) is 10.1 Å². The Bertz CT molecular complexity index is 867. The van der Waals surface area contributed by atoms with Crippen molar-refractivity contribution in [3.05, 3.63) is 69.3 Å². The predicted octanol–water partition coefficient (Wildman–Crippen LogP) is 3.89. The topological polar surface area (TPSA) is 76.4 Å². The van der Waals surface area contributed by atoms with E-state index in [1.807, 2.05) is 19.9 Å². The molecule has 0 saturated carbocycles. The second-order valence-corrected chi connectivity index (χ2v) is 8.36. The number of non-ortho nitro benzene ring substituents is 1. The maximum atomic E-state index is 11.4. The molecule has 0 amide bonds. The lowest BCUT2D eigenvalue weighted by molar-refractivity contribution is -0.385. The number of fused-ring (bicyclic) bond motifs is 1. The van der Waals surface area contributed by atoms with E-state index in [0.717, 1.165) is 36.3 Å².